The summed E-state index contributed by atoms with van der Waals surface area (Å²) in [5.41, 5.74) is 0.734. The van der Waals surface area contributed by atoms with Crippen LogP contribution in [0.3, 0.4) is 0 Å². The fourth-order valence-corrected chi connectivity index (χ4v) is 5.67. The zero-order valence-electron chi connectivity index (χ0n) is 23.3. The first kappa shape index (κ1) is 30.9. The van der Waals surface area contributed by atoms with Gasteiger partial charge in [0.15, 0.2) is 0 Å². The molecule has 13 heteroatoms. The van der Waals surface area contributed by atoms with Crippen LogP contribution in [0.1, 0.15) is 24.2 Å². The number of ether oxygens (including phenoxy) is 1. The van der Waals surface area contributed by atoms with Crippen molar-refractivity contribution >= 4 is 33.3 Å². The van der Waals surface area contributed by atoms with E-state index in [1.54, 1.807) is 6.92 Å². The number of hydrogen-bond acceptors (Lipinski definition) is 6. The molecule has 1 aliphatic heterocycles. The number of sulfonamides is 1. The normalized spacial score (nSPS) is 18.0. The summed E-state index contributed by atoms with van der Waals surface area (Å²) in [6.45, 7) is 3.25. The molecule has 3 aromatic rings. The highest BCUT2D eigenvalue weighted by molar-refractivity contribution is 7.89. The van der Waals surface area contributed by atoms with Crippen LogP contribution in [-0.4, -0.2) is 73.6 Å². The van der Waals surface area contributed by atoms with E-state index in [2.05, 4.69) is 10.6 Å². The van der Waals surface area contributed by atoms with Gasteiger partial charge in [-0.15, -0.1) is 0 Å². The van der Waals surface area contributed by atoms with Crippen molar-refractivity contribution in [3.8, 4) is 5.75 Å². The Morgan fingerprint density at radius 1 is 1.05 bits per heavy atom. The van der Waals surface area contributed by atoms with E-state index in [4.69, 9.17) is 4.74 Å². The second-order valence-corrected chi connectivity index (χ2v) is 12.2. The van der Waals surface area contributed by atoms with E-state index in [1.807, 2.05) is 6.92 Å². The Kier molecular flexibility index (Phi) is 9.44. The lowest BCUT2D eigenvalue weighted by Crippen LogP contribution is -2.50. The van der Waals surface area contributed by atoms with Crippen molar-refractivity contribution in [3.63, 3.8) is 0 Å². The summed E-state index contributed by atoms with van der Waals surface area (Å²) in [7, 11) is -2.59. The third kappa shape index (κ3) is 7.04. The Balaban J connectivity index is 1.61. The van der Waals surface area contributed by atoms with Gasteiger partial charge in [0.05, 0.1) is 29.7 Å². The lowest BCUT2D eigenvalue weighted by Gasteiger charge is -2.38. The smallest absolute Gasteiger partial charge is 0.323 e. The number of likely N-dealkylation sites (N-methyl/N-ethyl adjacent to an activating group) is 1. The number of fused-ring (bicyclic) bond motifs is 1. The third-order valence-electron chi connectivity index (χ3n) is 6.98. The fraction of sp³-hybridized carbons (Fsp3) is 0.310. The van der Waals surface area contributed by atoms with Crippen molar-refractivity contribution < 1.29 is 36.6 Å². The number of anilines is 2. The van der Waals surface area contributed by atoms with E-state index in [0.29, 0.717) is 5.69 Å². The van der Waals surface area contributed by atoms with Crippen molar-refractivity contribution in [2.24, 2.45) is 5.92 Å². The third-order valence-corrected chi connectivity index (χ3v) is 8.82. The Labute approximate surface area is 242 Å². The number of benzene rings is 3. The van der Waals surface area contributed by atoms with Crippen LogP contribution < -0.4 is 15.4 Å². The average molecular weight is 603 g/mol. The number of carbonyl (C=O) groups is 2. The molecule has 3 N–H and O–H groups in total. The van der Waals surface area contributed by atoms with Crippen molar-refractivity contribution in [1.29, 1.82) is 0 Å². The summed E-state index contributed by atoms with van der Waals surface area (Å²) < 4.78 is 60.2. The van der Waals surface area contributed by atoms with Gasteiger partial charge in [0.1, 0.15) is 23.5 Å². The summed E-state index contributed by atoms with van der Waals surface area (Å²) >= 11 is 0. The summed E-state index contributed by atoms with van der Waals surface area (Å²) in [4.78, 5) is 27.6. The Morgan fingerprint density at radius 3 is 2.24 bits per heavy atom. The number of nitrogens with one attached hydrogen (secondary N) is 2. The van der Waals surface area contributed by atoms with Crippen LogP contribution in [0, 0.1) is 17.6 Å². The molecule has 0 spiro atoms. The van der Waals surface area contributed by atoms with Crippen LogP contribution >= 0.6 is 0 Å². The van der Waals surface area contributed by atoms with E-state index in [1.165, 1.54) is 66.5 Å². The Bertz CT molecular complexity index is 1540. The number of carbonyl (C=O) groups excluding carboxylic acids is 2. The molecule has 0 unspecified atom stereocenters. The molecule has 0 saturated heterocycles. The number of rotatable bonds is 8. The fourth-order valence-electron chi connectivity index (χ4n) is 4.48. The minimum Gasteiger partial charge on any atom is -0.488 e. The number of amides is 3. The average Bonchev–Trinajstić information content (AvgIpc) is 2.96. The van der Waals surface area contributed by atoms with Crippen LogP contribution in [0.4, 0.5) is 25.0 Å². The SMILES string of the molecule is C[C@H]1CN([C@@H](C)CO)C(=O)c2cc(NC(=O)Nc3ccc(F)cc3)ccc2O[C@H]1CN(C)S(=O)(=O)c1ccc(F)cc1. The van der Waals surface area contributed by atoms with Crippen LogP contribution in [-0.2, 0) is 10.0 Å². The van der Waals surface area contributed by atoms with Crippen LogP contribution in [0.15, 0.2) is 71.6 Å². The molecule has 0 bridgehead atoms. The Morgan fingerprint density at radius 2 is 1.62 bits per heavy atom. The van der Waals surface area contributed by atoms with Crippen LogP contribution in [0.5, 0.6) is 5.75 Å². The predicted octanol–water partition coefficient (Wildman–Crippen LogP) is 4.15. The van der Waals surface area contributed by atoms with Gasteiger partial charge < -0.3 is 25.4 Å². The molecule has 3 amide bonds. The van der Waals surface area contributed by atoms with E-state index < -0.39 is 45.7 Å². The molecule has 1 aliphatic rings. The van der Waals surface area contributed by atoms with Gasteiger partial charge in [0, 0.05) is 30.9 Å². The van der Waals surface area contributed by atoms with Gasteiger partial charge >= 0.3 is 6.03 Å². The van der Waals surface area contributed by atoms with Crippen LogP contribution in [0.25, 0.3) is 0 Å². The number of halogens is 2. The molecule has 0 aromatic heterocycles. The van der Waals surface area contributed by atoms with Gasteiger partial charge in [-0.1, -0.05) is 6.92 Å². The highest BCUT2D eigenvalue weighted by Gasteiger charge is 2.35. The van der Waals surface area contributed by atoms with Crippen molar-refractivity contribution in [3.05, 3.63) is 83.9 Å². The van der Waals surface area contributed by atoms with E-state index >= 15 is 0 Å². The minimum atomic E-state index is -3.98. The maximum absolute atomic E-state index is 13.6. The Hall–Kier alpha value is -4.07. The molecule has 3 aromatic carbocycles. The van der Waals surface area contributed by atoms with Gasteiger partial charge in [-0.05, 0) is 73.7 Å². The number of aliphatic hydroxyl groups is 1. The first-order valence-corrected chi connectivity index (χ1v) is 14.6. The van der Waals surface area contributed by atoms with E-state index in [-0.39, 0.29) is 47.5 Å². The molecular weight excluding hydrogens is 570 g/mol. The molecule has 4 rings (SSSR count). The van der Waals surface area contributed by atoms with Crippen molar-refractivity contribution in [2.45, 2.75) is 30.9 Å². The lowest BCUT2D eigenvalue weighted by atomic mass is 9.99. The largest absolute Gasteiger partial charge is 0.488 e. The zero-order valence-corrected chi connectivity index (χ0v) is 24.1. The van der Waals surface area contributed by atoms with Gasteiger partial charge in [0.2, 0.25) is 10.0 Å². The minimum absolute atomic E-state index is 0.0781. The van der Waals surface area contributed by atoms with Gasteiger partial charge in [0.25, 0.3) is 5.91 Å². The second-order valence-electron chi connectivity index (χ2n) is 10.2. The summed E-state index contributed by atoms with van der Waals surface area (Å²) in [5, 5.41) is 15.1. The first-order valence-electron chi connectivity index (χ1n) is 13.2. The van der Waals surface area contributed by atoms with Gasteiger partial charge in [-0.2, -0.15) is 4.31 Å². The number of urea groups is 1. The maximum Gasteiger partial charge on any atom is 0.323 e. The molecule has 1 heterocycles. The van der Waals surface area contributed by atoms with Gasteiger partial charge in [-0.3, -0.25) is 4.79 Å². The topological polar surface area (TPSA) is 128 Å². The molecular formula is C29H32F2N4O6S. The molecule has 0 radical (unpaired) electrons. The molecule has 42 heavy (non-hydrogen) atoms. The summed E-state index contributed by atoms with van der Waals surface area (Å²) in [6, 6.07) is 13.0. The van der Waals surface area contributed by atoms with Crippen molar-refractivity contribution in [1.82, 2.24) is 9.21 Å². The summed E-state index contributed by atoms with van der Waals surface area (Å²) in [5.74, 6) is -1.64. The van der Waals surface area contributed by atoms with E-state index in [9.17, 15) is 31.9 Å². The molecule has 0 aliphatic carbocycles. The summed E-state index contributed by atoms with van der Waals surface area (Å²) in [6.07, 6.45) is -0.717. The van der Waals surface area contributed by atoms with E-state index in [0.717, 1.165) is 16.4 Å². The predicted molar refractivity (Wildman–Crippen MR) is 153 cm³/mol. The monoisotopic (exact) mass is 602 g/mol. The quantitative estimate of drug-likeness (QED) is 0.356. The van der Waals surface area contributed by atoms with Gasteiger partial charge in [-0.25, -0.2) is 22.0 Å². The molecule has 0 fully saturated rings. The van der Waals surface area contributed by atoms with Crippen molar-refractivity contribution in [2.75, 3.05) is 37.4 Å². The number of nitrogens with zero attached hydrogens (tertiary/aromatic N) is 2. The standard InChI is InChI=1S/C29H32F2N4O6S/c1-18-15-35(19(2)17-36)28(37)25-14-23(33-29(38)32-22-8-4-20(30)5-9-22)10-13-26(25)41-27(18)16-34(3)42(39,40)24-11-6-21(31)7-12-24/h4-14,18-19,27,36H,15-17H2,1-3H3,(H2,32,33,38)/t18-,19-,27-/m0/s1. The zero-order chi connectivity index (χ0) is 30.6. The highest BCUT2D eigenvalue weighted by atomic mass is 32.2. The molecule has 224 valence electrons. The molecule has 3 atom stereocenters. The first-order chi connectivity index (χ1) is 19.9. The highest BCUT2D eigenvalue weighted by Crippen LogP contribution is 2.31. The lowest BCUT2D eigenvalue weighted by molar-refractivity contribution is 0.0387. The maximum atomic E-state index is 13.6. The molecule has 0 saturated carbocycles. The van der Waals surface area contributed by atoms with Crippen LogP contribution in [0.2, 0.25) is 0 Å². The number of aliphatic hydroxyl groups excluding tert-OH is 1. The number of hydrogen-bond donors (Lipinski definition) is 3. The second kappa shape index (κ2) is 12.8. The molecule has 10 nitrogen and oxygen atoms in total.